The summed E-state index contributed by atoms with van der Waals surface area (Å²) < 4.78 is 9.47. The van der Waals surface area contributed by atoms with E-state index in [1.54, 1.807) is 0 Å². The Morgan fingerprint density at radius 2 is 2.10 bits per heavy atom. The number of imidazole rings is 1. The van der Waals surface area contributed by atoms with Crippen molar-refractivity contribution in [2.24, 2.45) is 0 Å². The van der Waals surface area contributed by atoms with E-state index in [-0.39, 0.29) is 23.0 Å². The third-order valence-corrected chi connectivity index (χ3v) is 3.30. The summed E-state index contributed by atoms with van der Waals surface area (Å²) in [6.45, 7) is 10.3. The Kier molecular flexibility index (Phi) is 10.1. The smallest absolute Gasteiger partial charge is 0.330 e. The molecule has 1 aromatic heterocycles. The lowest BCUT2D eigenvalue weighted by molar-refractivity contribution is -0.702. The van der Waals surface area contributed by atoms with E-state index < -0.39 is 0 Å². The van der Waals surface area contributed by atoms with Crippen LogP contribution >= 0.6 is 0 Å². The number of halogens is 1. The van der Waals surface area contributed by atoms with Crippen LogP contribution in [-0.4, -0.2) is 17.1 Å². The number of ether oxygens (including phenoxy) is 1. The minimum atomic E-state index is -0.327. The Balaban J connectivity index is 0.00000361. The van der Waals surface area contributed by atoms with Gasteiger partial charge in [0.2, 0.25) is 0 Å². The summed E-state index contributed by atoms with van der Waals surface area (Å²) in [5.74, 6) is 0.981. The van der Waals surface area contributed by atoms with Gasteiger partial charge in [-0.05, 0) is 32.6 Å². The van der Waals surface area contributed by atoms with Crippen molar-refractivity contribution in [1.29, 1.82) is 0 Å². The summed E-state index contributed by atoms with van der Waals surface area (Å²) in [4.78, 5) is 10.8. The van der Waals surface area contributed by atoms with Crippen molar-refractivity contribution >= 4 is 5.97 Å². The number of carbonyl (C=O) groups excluding carboxylic acids is 1. The fourth-order valence-electron chi connectivity index (χ4n) is 2.08. The third kappa shape index (κ3) is 6.37. The maximum Gasteiger partial charge on any atom is 0.330 e. The molecule has 20 heavy (non-hydrogen) atoms. The number of hydrogen-bond donors (Lipinski definition) is 0. The molecule has 0 atom stereocenters. The monoisotopic (exact) mass is 344 g/mol. The molecule has 1 aromatic rings. The topological polar surface area (TPSA) is 35.1 Å². The first kappa shape index (κ1) is 18.9. The van der Waals surface area contributed by atoms with Crippen molar-refractivity contribution in [1.82, 2.24) is 4.57 Å². The van der Waals surface area contributed by atoms with Crippen LogP contribution in [0.4, 0.5) is 0 Å². The lowest BCUT2D eigenvalue weighted by atomic mass is 10.2. The SMILES string of the molecule is C=CC(=O)OCCCCCC[n+]1ccn(CC)c1C.[Br-]. The molecule has 0 spiro atoms. The molecule has 0 fully saturated rings. The maximum absolute atomic E-state index is 10.8. The molecular weight excluding hydrogens is 320 g/mol. The van der Waals surface area contributed by atoms with E-state index in [0.717, 1.165) is 38.8 Å². The molecule has 0 aliphatic heterocycles. The van der Waals surface area contributed by atoms with Gasteiger partial charge in [-0.3, -0.25) is 0 Å². The molecule has 0 saturated heterocycles. The molecule has 0 bridgehead atoms. The van der Waals surface area contributed by atoms with Gasteiger partial charge >= 0.3 is 5.97 Å². The molecule has 0 aliphatic rings. The normalized spacial score (nSPS) is 9.90. The first-order chi connectivity index (χ1) is 9.19. The Morgan fingerprint density at radius 1 is 1.40 bits per heavy atom. The highest BCUT2D eigenvalue weighted by Gasteiger charge is 2.09. The largest absolute Gasteiger partial charge is 1.00 e. The van der Waals surface area contributed by atoms with Crippen LogP contribution < -0.4 is 21.5 Å². The zero-order valence-electron chi connectivity index (χ0n) is 12.5. The van der Waals surface area contributed by atoms with Crippen molar-refractivity contribution in [2.45, 2.75) is 52.6 Å². The molecule has 0 amide bonds. The van der Waals surface area contributed by atoms with E-state index in [1.165, 1.54) is 11.9 Å². The summed E-state index contributed by atoms with van der Waals surface area (Å²) in [6.07, 6.45) is 9.83. The first-order valence-corrected chi connectivity index (χ1v) is 7.03. The number of unbranched alkanes of at least 4 members (excludes halogenated alkanes) is 3. The number of aryl methyl sites for hydroxylation is 2. The molecule has 0 unspecified atom stereocenters. The summed E-state index contributed by atoms with van der Waals surface area (Å²) in [5, 5.41) is 0. The number of carbonyl (C=O) groups is 1. The van der Waals surface area contributed by atoms with Crippen LogP contribution in [0.15, 0.2) is 25.0 Å². The van der Waals surface area contributed by atoms with Crippen LogP contribution in [-0.2, 0) is 22.6 Å². The van der Waals surface area contributed by atoms with E-state index in [0.29, 0.717) is 6.61 Å². The van der Waals surface area contributed by atoms with E-state index >= 15 is 0 Å². The summed E-state index contributed by atoms with van der Waals surface area (Å²) in [5.41, 5.74) is 0. The Bertz CT molecular complexity index is 416. The molecule has 0 radical (unpaired) electrons. The molecule has 5 heteroatoms. The van der Waals surface area contributed by atoms with Crippen LogP contribution in [0.1, 0.15) is 38.4 Å². The Morgan fingerprint density at radius 3 is 2.70 bits per heavy atom. The molecule has 0 aromatic carbocycles. The van der Waals surface area contributed by atoms with Gasteiger partial charge in [0.05, 0.1) is 19.7 Å². The predicted octanol–water partition coefficient (Wildman–Crippen LogP) is -0.602. The van der Waals surface area contributed by atoms with Crippen LogP contribution in [0, 0.1) is 6.92 Å². The average molecular weight is 345 g/mol. The van der Waals surface area contributed by atoms with Gasteiger partial charge in [0.15, 0.2) is 0 Å². The van der Waals surface area contributed by atoms with E-state index in [9.17, 15) is 4.79 Å². The van der Waals surface area contributed by atoms with Gasteiger partial charge < -0.3 is 21.7 Å². The maximum atomic E-state index is 10.8. The number of hydrogen-bond acceptors (Lipinski definition) is 2. The van der Waals surface area contributed by atoms with E-state index in [1.807, 2.05) is 0 Å². The standard InChI is InChI=1S/C15H25N2O2.BrH/c1-4-15(18)19-13-9-7-6-8-10-17-12-11-16(5-2)14(17)3;/h4,11-12H,1,5-10,13H2,2-3H3;1H/q+1;/p-1. The number of aromatic nitrogens is 2. The zero-order chi connectivity index (χ0) is 14.1. The van der Waals surface area contributed by atoms with Crippen molar-refractivity contribution < 1.29 is 31.1 Å². The summed E-state index contributed by atoms with van der Waals surface area (Å²) >= 11 is 0. The van der Waals surface area contributed by atoms with Gasteiger partial charge in [0, 0.05) is 13.0 Å². The van der Waals surface area contributed by atoms with Crippen molar-refractivity contribution in [3.63, 3.8) is 0 Å². The quantitative estimate of drug-likeness (QED) is 0.259. The van der Waals surface area contributed by atoms with Gasteiger partial charge in [-0.25, -0.2) is 13.9 Å². The number of esters is 1. The highest BCUT2D eigenvalue weighted by molar-refractivity contribution is 5.81. The summed E-state index contributed by atoms with van der Waals surface area (Å²) in [7, 11) is 0. The van der Waals surface area contributed by atoms with Gasteiger partial charge in [0.1, 0.15) is 12.4 Å². The fourth-order valence-corrected chi connectivity index (χ4v) is 2.08. The van der Waals surface area contributed by atoms with Crippen molar-refractivity contribution in [3.8, 4) is 0 Å². The minimum Gasteiger partial charge on any atom is -1.00 e. The second kappa shape index (κ2) is 10.7. The molecule has 114 valence electrons. The van der Waals surface area contributed by atoms with Gasteiger partial charge in [-0.1, -0.05) is 6.58 Å². The van der Waals surface area contributed by atoms with Crippen LogP contribution in [0.25, 0.3) is 0 Å². The lowest BCUT2D eigenvalue weighted by Crippen LogP contribution is -3.00. The van der Waals surface area contributed by atoms with Crippen molar-refractivity contribution in [3.05, 3.63) is 30.9 Å². The molecule has 1 heterocycles. The second-order valence-electron chi connectivity index (χ2n) is 4.61. The predicted molar refractivity (Wildman–Crippen MR) is 74.7 cm³/mol. The van der Waals surface area contributed by atoms with Crippen LogP contribution in [0.5, 0.6) is 0 Å². The lowest BCUT2D eigenvalue weighted by Gasteiger charge is -2.02. The minimum absolute atomic E-state index is 0. The zero-order valence-corrected chi connectivity index (χ0v) is 14.1. The molecule has 0 N–H and O–H groups in total. The highest BCUT2D eigenvalue weighted by Crippen LogP contribution is 2.01. The second-order valence-corrected chi connectivity index (χ2v) is 4.61. The molecule has 4 nitrogen and oxygen atoms in total. The Labute approximate surface area is 132 Å². The number of rotatable bonds is 9. The molecular formula is C15H25BrN2O2. The van der Waals surface area contributed by atoms with Gasteiger partial charge in [-0.2, -0.15) is 0 Å². The third-order valence-electron chi connectivity index (χ3n) is 3.30. The first-order valence-electron chi connectivity index (χ1n) is 7.03. The van der Waals surface area contributed by atoms with Crippen LogP contribution in [0.2, 0.25) is 0 Å². The number of nitrogens with zero attached hydrogens (tertiary/aromatic N) is 2. The molecule has 0 saturated carbocycles. The molecule has 0 aliphatic carbocycles. The van der Waals surface area contributed by atoms with E-state index in [2.05, 4.69) is 42.0 Å². The van der Waals surface area contributed by atoms with Gasteiger partial charge in [-0.15, -0.1) is 0 Å². The highest BCUT2D eigenvalue weighted by atomic mass is 79.9. The van der Waals surface area contributed by atoms with Gasteiger partial charge in [0.25, 0.3) is 5.82 Å². The fraction of sp³-hybridized carbons (Fsp3) is 0.600. The molecule has 1 rings (SSSR count). The average Bonchev–Trinajstić information content (AvgIpc) is 2.78. The van der Waals surface area contributed by atoms with Crippen LogP contribution in [0.3, 0.4) is 0 Å². The summed E-state index contributed by atoms with van der Waals surface area (Å²) in [6, 6.07) is 0. The van der Waals surface area contributed by atoms with E-state index in [4.69, 9.17) is 4.74 Å². The Hall–Kier alpha value is -1.10. The van der Waals surface area contributed by atoms with Crippen molar-refractivity contribution in [2.75, 3.05) is 6.61 Å².